The van der Waals surface area contributed by atoms with E-state index in [1.54, 1.807) is 13.8 Å². The normalized spacial score (nSPS) is 14.4. The molecular weight excluding hydrogens is 276 g/mol. The van der Waals surface area contributed by atoms with E-state index in [0.29, 0.717) is 23.9 Å². The Labute approximate surface area is 114 Å². The maximum absolute atomic E-state index is 12.0. The Bertz CT molecular complexity index is 421. The van der Waals surface area contributed by atoms with Gasteiger partial charge in [0.1, 0.15) is 5.76 Å². The van der Waals surface area contributed by atoms with Gasteiger partial charge in [-0.3, -0.25) is 4.79 Å². The van der Waals surface area contributed by atoms with E-state index in [0.717, 1.165) is 0 Å². The first-order valence-electron chi connectivity index (χ1n) is 5.83. The van der Waals surface area contributed by atoms with Crippen LogP contribution in [0.25, 0.3) is 0 Å². The summed E-state index contributed by atoms with van der Waals surface area (Å²) < 4.78 is 29.1. The van der Waals surface area contributed by atoms with Gasteiger partial charge in [0.2, 0.25) is 0 Å². The van der Waals surface area contributed by atoms with Crippen LogP contribution in [-0.2, 0) is 5.75 Å². The first kappa shape index (κ1) is 16.0. The molecule has 0 aliphatic rings. The van der Waals surface area contributed by atoms with Crippen LogP contribution in [0.15, 0.2) is 16.5 Å². The molecule has 0 aliphatic heterocycles. The number of aliphatic hydroxyl groups is 1. The Kier molecular flexibility index (Phi) is 5.81. The number of furan rings is 1. The molecule has 1 heterocycles. The molecule has 19 heavy (non-hydrogen) atoms. The molecule has 0 aromatic carbocycles. The lowest BCUT2D eigenvalue weighted by molar-refractivity contribution is 0.0511. The molecule has 0 saturated carbocycles. The van der Waals surface area contributed by atoms with E-state index < -0.39 is 17.3 Å². The average molecular weight is 293 g/mol. The van der Waals surface area contributed by atoms with E-state index >= 15 is 0 Å². The van der Waals surface area contributed by atoms with E-state index in [9.17, 15) is 18.7 Å². The van der Waals surface area contributed by atoms with Gasteiger partial charge in [0.05, 0.1) is 11.4 Å². The SMILES string of the molecule is CCC(C)(O)CNC(=O)c1ccc(CSC(F)F)o1. The Hall–Kier alpha value is -1.08. The summed E-state index contributed by atoms with van der Waals surface area (Å²) in [4.78, 5) is 11.7. The lowest BCUT2D eigenvalue weighted by Gasteiger charge is -2.21. The van der Waals surface area contributed by atoms with Crippen molar-refractivity contribution in [3.63, 3.8) is 0 Å². The fourth-order valence-corrected chi connectivity index (χ4v) is 1.65. The average Bonchev–Trinajstić information content (AvgIpc) is 2.82. The summed E-state index contributed by atoms with van der Waals surface area (Å²) in [5, 5.41) is 12.3. The molecule has 1 atom stereocenters. The number of carbonyl (C=O) groups excluding carboxylic acids is 1. The third-order valence-corrected chi connectivity index (χ3v) is 3.33. The third-order valence-electron chi connectivity index (χ3n) is 2.63. The van der Waals surface area contributed by atoms with Crippen LogP contribution >= 0.6 is 11.8 Å². The van der Waals surface area contributed by atoms with Crippen LogP contribution in [0.1, 0.15) is 36.6 Å². The highest BCUT2D eigenvalue weighted by Crippen LogP contribution is 2.21. The zero-order valence-corrected chi connectivity index (χ0v) is 11.6. The molecule has 1 amide bonds. The minimum absolute atomic E-state index is 0.0115. The highest BCUT2D eigenvalue weighted by atomic mass is 32.2. The molecular formula is C12H17F2NO3S. The van der Waals surface area contributed by atoms with Crippen molar-refractivity contribution in [2.75, 3.05) is 6.54 Å². The van der Waals surface area contributed by atoms with Gasteiger partial charge in [-0.25, -0.2) is 0 Å². The Morgan fingerprint density at radius 1 is 1.58 bits per heavy atom. The fraction of sp³-hybridized carbons (Fsp3) is 0.583. The highest BCUT2D eigenvalue weighted by molar-refractivity contribution is 7.98. The molecule has 1 aromatic rings. The van der Waals surface area contributed by atoms with Crippen molar-refractivity contribution in [3.8, 4) is 0 Å². The number of nitrogens with one attached hydrogen (secondary N) is 1. The van der Waals surface area contributed by atoms with Crippen molar-refractivity contribution in [1.82, 2.24) is 5.32 Å². The number of amides is 1. The Morgan fingerprint density at radius 3 is 2.84 bits per heavy atom. The van der Waals surface area contributed by atoms with Crippen LogP contribution in [-0.4, -0.2) is 28.9 Å². The molecule has 7 heteroatoms. The highest BCUT2D eigenvalue weighted by Gasteiger charge is 2.20. The quantitative estimate of drug-likeness (QED) is 0.811. The largest absolute Gasteiger partial charge is 0.455 e. The second-order valence-corrected chi connectivity index (χ2v) is 5.35. The van der Waals surface area contributed by atoms with Crippen molar-refractivity contribution in [3.05, 3.63) is 23.7 Å². The number of hydrogen-bond donors (Lipinski definition) is 2. The Balaban J connectivity index is 2.49. The predicted octanol–water partition coefficient (Wildman–Crippen LogP) is 2.63. The molecule has 108 valence electrons. The van der Waals surface area contributed by atoms with E-state index in [1.165, 1.54) is 12.1 Å². The van der Waals surface area contributed by atoms with Gasteiger partial charge in [-0.05, 0) is 25.5 Å². The van der Waals surface area contributed by atoms with E-state index in [4.69, 9.17) is 4.42 Å². The molecule has 1 aromatic heterocycles. The van der Waals surface area contributed by atoms with Gasteiger partial charge in [-0.1, -0.05) is 18.7 Å². The lowest BCUT2D eigenvalue weighted by Crippen LogP contribution is -2.39. The van der Waals surface area contributed by atoms with Gasteiger partial charge >= 0.3 is 0 Å². The first-order chi connectivity index (χ1) is 8.84. The van der Waals surface area contributed by atoms with Crippen LogP contribution in [0.2, 0.25) is 0 Å². The van der Waals surface area contributed by atoms with Crippen LogP contribution in [0.3, 0.4) is 0 Å². The summed E-state index contributed by atoms with van der Waals surface area (Å²) in [7, 11) is 0. The van der Waals surface area contributed by atoms with Gasteiger partial charge < -0.3 is 14.8 Å². The third kappa shape index (κ3) is 5.61. The number of thioether (sulfide) groups is 1. The van der Waals surface area contributed by atoms with Crippen molar-refractivity contribution in [1.29, 1.82) is 0 Å². The van der Waals surface area contributed by atoms with Crippen molar-refractivity contribution < 1.29 is 23.1 Å². The summed E-state index contributed by atoms with van der Waals surface area (Å²) in [6, 6.07) is 2.92. The van der Waals surface area contributed by atoms with Gasteiger partial charge in [-0.2, -0.15) is 8.78 Å². The van der Waals surface area contributed by atoms with Crippen LogP contribution in [0.5, 0.6) is 0 Å². The molecule has 0 radical (unpaired) electrons. The topological polar surface area (TPSA) is 62.5 Å². The van der Waals surface area contributed by atoms with Gasteiger partial charge in [0, 0.05) is 6.54 Å². The predicted molar refractivity (Wildman–Crippen MR) is 69.3 cm³/mol. The minimum Gasteiger partial charge on any atom is -0.455 e. The molecule has 4 nitrogen and oxygen atoms in total. The van der Waals surface area contributed by atoms with Crippen LogP contribution < -0.4 is 5.32 Å². The molecule has 0 bridgehead atoms. The van der Waals surface area contributed by atoms with E-state index in [1.807, 2.05) is 0 Å². The summed E-state index contributed by atoms with van der Waals surface area (Å²) >= 11 is 0.432. The number of carbonyl (C=O) groups is 1. The Morgan fingerprint density at radius 2 is 2.26 bits per heavy atom. The maximum atomic E-state index is 12.0. The molecule has 0 fully saturated rings. The number of alkyl halides is 2. The van der Waals surface area contributed by atoms with Gasteiger partial charge in [-0.15, -0.1) is 0 Å². The zero-order valence-electron chi connectivity index (χ0n) is 10.8. The zero-order chi connectivity index (χ0) is 14.5. The molecule has 0 saturated heterocycles. The van der Waals surface area contributed by atoms with E-state index in [2.05, 4.69) is 5.32 Å². The van der Waals surface area contributed by atoms with Gasteiger partial charge in [0.15, 0.2) is 5.76 Å². The van der Waals surface area contributed by atoms with Crippen molar-refractivity contribution in [2.24, 2.45) is 0 Å². The molecule has 1 unspecified atom stereocenters. The first-order valence-corrected chi connectivity index (χ1v) is 6.88. The summed E-state index contributed by atoms with van der Waals surface area (Å²) in [6.07, 6.45) is 0.502. The van der Waals surface area contributed by atoms with E-state index in [-0.39, 0.29) is 18.1 Å². The minimum atomic E-state index is -2.47. The number of hydrogen-bond acceptors (Lipinski definition) is 4. The second-order valence-electron chi connectivity index (χ2n) is 4.37. The number of halogens is 2. The van der Waals surface area contributed by atoms with Gasteiger partial charge in [0.25, 0.3) is 11.7 Å². The fourth-order valence-electron chi connectivity index (χ4n) is 1.21. The molecule has 1 rings (SSSR count). The number of rotatable bonds is 7. The molecule has 0 spiro atoms. The molecule has 0 aliphatic carbocycles. The maximum Gasteiger partial charge on any atom is 0.287 e. The van der Waals surface area contributed by atoms with Crippen molar-refractivity contribution in [2.45, 2.75) is 37.4 Å². The van der Waals surface area contributed by atoms with Crippen molar-refractivity contribution >= 4 is 17.7 Å². The summed E-state index contributed by atoms with van der Waals surface area (Å²) in [6.45, 7) is 3.52. The monoisotopic (exact) mass is 293 g/mol. The summed E-state index contributed by atoms with van der Waals surface area (Å²) in [5.74, 6) is -2.56. The van der Waals surface area contributed by atoms with Crippen LogP contribution in [0, 0.1) is 0 Å². The lowest BCUT2D eigenvalue weighted by atomic mass is 10.0. The second kappa shape index (κ2) is 6.91. The summed E-state index contributed by atoms with van der Waals surface area (Å²) in [5.41, 5.74) is -0.976. The standard InChI is InChI=1S/C12H17F2NO3S/c1-3-12(2,17)7-15-10(16)9-5-4-8(18-9)6-19-11(13)14/h4-5,11,17H,3,6-7H2,1-2H3,(H,15,16). The van der Waals surface area contributed by atoms with Crippen LogP contribution in [0.4, 0.5) is 8.78 Å². The smallest absolute Gasteiger partial charge is 0.287 e. The molecule has 2 N–H and O–H groups in total.